The molecule has 2 heterocycles. The van der Waals surface area contributed by atoms with Gasteiger partial charge >= 0.3 is 0 Å². The summed E-state index contributed by atoms with van der Waals surface area (Å²) < 4.78 is 1.73. The lowest BCUT2D eigenvalue weighted by atomic mass is 10.4. The summed E-state index contributed by atoms with van der Waals surface area (Å²) in [5, 5.41) is 5.44. The van der Waals surface area contributed by atoms with E-state index in [9.17, 15) is 0 Å². The summed E-state index contributed by atoms with van der Waals surface area (Å²) in [6.45, 7) is 0.742. The monoisotopic (exact) mass is 251 g/mol. The fourth-order valence-corrected chi connectivity index (χ4v) is 2.20. The van der Waals surface area contributed by atoms with Crippen LogP contribution in [0.5, 0.6) is 0 Å². The molecule has 0 atom stereocenters. The maximum Gasteiger partial charge on any atom is 0.162 e. The second-order valence-electron chi connectivity index (χ2n) is 4.58. The van der Waals surface area contributed by atoms with Gasteiger partial charge in [0.15, 0.2) is 5.65 Å². The van der Waals surface area contributed by atoms with Crippen molar-refractivity contribution in [2.75, 3.05) is 7.05 Å². The fraction of sp³-hybridized carbons (Fsp3) is 0.545. The predicted octanol–water partition coefficient (Wildman–Crippen LogP) is 1.61. The van der Waals surface area contributed by atoms with Gasteiger partial charge in [0.1, 0.15) is 11.0 Å². The van der Waals surface area contributed by atoms with E-state index >= 15 is 0 Å². The van der Waals surface area contributed by atoms with Crippen LogP contribution in [0.3, 0.4) is 0 Å². The van der Waals surface area contributed by atoms with Gasteiger partial charge in [-0.05, 0) is 19.9 Å². The van der Waals surface area contributed by atoms with Crippen LogP contribution in [-0.2, 0) is 13.6 Å². The molecule has 1 aliphatic rings. The van der Waals surface area contributed by atoms with Crippen molar-refractivity contribution in [3.05, 3.63) is 17.2 Å². The van der Waals surface area contributed by atoms with Gasteiger partial charge in [-0.3, -0.25) is 9.58 Å². The van der Waals surface area contributed by atoms with Gasteiger partial charge < -0.3 is 0 Å². The zero-order chi connectivity index (χ0) is 12.0. The molecule has 0 amide bonds. The van der Waals surface area contributed by atoms with Crippen LogP contribution in [0.1, 0.15) is 18.7 Å². The van der Waals surface area contributed by atoms with Crippen LogP contribution in [0.4, 0.5) is 0 Å². The molecule has 0 radical (unpaired) electrons. The second-order valence-corrected chi connectivity index (χ2v) is 4.94. The number of aromatic nitrogens is 4. The Kier molecular flexibility index (Phi) is 2.52. The molecule has 17 heavy (non-hydrogen) atoms. The molecular weight excluding hydrogens is 238 g/mol. The van der Waals surface area contributed by atoms with Gasteiger partial charge in [-0.25, -0.2) is 9.97 Å². The van der Waals surface area contributed by atoms with Gasteiger partial charge in [0.2, 0.25) is 0 Å². The minimum Gasteiger partial charge on any atom is -0.296 e. The van der Waals surface area contributed by atoms with Crippen molar-refractivity contribution in [2.45, 2.75) is 25.4 Å². The molecular formula is C11H14ClN5. The molecule has 2 aromatic rings. The average molecular weight is 252 g/mol. The Morgan fingerprint density at radius 3 is 2.94 bits per heavy atom. The van der Waals surface area contributed by atoms with E-state index in [1.165, 1.54) is 12.8 Å². The Morgan fingerprint density at radius 2 is 2.24 bits per heavy atom. The van der Waals surface area contributed by atoms with E-state index < -0.39 is 0 Å². The topological polar surface area (TPSA) is 46.8 Å². The zero-order valence-electron chi connectivity index (χ0n) is 9.89. The van der Waals surface area contributed by atoms with Crippen molar-refractivity contribution in [2.24, 2.45) is 7.05 Å². The Hall–Kier alpha value is -1.20. The van der Waals surface area contributed by atoms with E-state index in [-0.39, 0.29) is 0 Å². The molecule has 0 bridgehead atoms. The highest BCUT2D eigenvalue weighted by atomic mass is 35.5. The molecule has 6 heteroatoms. The molecule has 1 fully saturated rings. The Bertz CT molecular complexity index is 560. The van der Waals surface area contributed by atoms with Crippen LogP contribution in [0.2, 0.25) is 5.15 Å². The smallest absolute Gasteiger partial charge is 0.162 e. The summed E-state index contributed by atoms with van der Waals surface area (Å²) in [6, 6.07) is 0.694. The Labute approximate surface area is 104 Å². The molecule has 1 aliphatic carbocycles. The van der Waals surface area contributed by atoms with Crippen molar-refractivity contribution in [3.8, 4) is 0 Å². The molecule has 1 saturated carbocycles. The summed E-state index contributed by atoms with van der Waals surface area (Å²) in [4.78, 5) is 11.1. The Balaban J connectivity index is 1.96. The van der Waals surface area contributed by atoms with Gasteiger partial charge in [-0.2, -0.15) is 5.10 Å². The maximum atomic E-state index is 6.13. The summed E-state index contributed by atoms with van der Waals surface area (Å²) in [5.74, 6) is 0.764. The first-order valence-electron chi connectivity index (χ1n) is 5.69. The van der Waals surface area contributed by atoms with E-state index in [1.54, 1.807) is 10.9 Å². The maximum absolute atomic E-state index is 6.13. The lowest BCUT2D eigenvalue weighted by Crippen LogP contribution is -2.21. The number of hydrogen-bond acceptors (Lipinski definition) is 4. The highest BCUT2D eigenvalue weighted by Crippen LogP contribution is 2.27. The van der Waals surface area contributed by atoms with Crippen LogP contribution in [-0.4, -0.2) is 37.7 Å². The summed E-state index contributed by atoms with van der Waals surface area (Å²) >= 11 is 6.13. The quantitative estimate of drug-likeness (QED) is 0.778. The third kappa shape index (κ3) is 2.00. The number of nitrogens with zero attached hydrogens (tertiary/aromatic N) is 5. The molecule has 0 aromatic carbocycles. The lowest BCUT2D eigenvalue weighted by Gasteiger charge is -2.14. The normalized spacial score (nSPS) is 16.0. The van der Waals surface area contributed by atoms with E-state index in [0.29, 0.717) is 11.2 Å². The molecule has 3 rings (SSSR count). The predicted molar refractivity (Wildman–Crippen MR) is 65.8 cm³/mol. The van der Waals surface area contributed by atoms with Gasteiger partial charge in [-0.1, -0.05) is 11.6 Å². The minimum absolute atomic E-state index is 0.488. The number of fused-ring (bicyclic) bond motifs is 1. The standard InChI is InChI=1S/C11H14ClN5/c1-16(7-3-4-7)6-9-14-10(12)8-5-13-17(2)11(8)15-9/h5,7H,3-4,6H2,1-2H3. The van der Waals surface area contributed by atoms with E-state index in [4.69, 9.17) is 11.6 Å². The first-order valence-corrected chi connectivity index (χ1v) is 6.07. The van der Waals surface area contributed by atoms with E-state index in [2.05, 4.69) is 27.0 Å². The lowest BCUT2D eigenvalue weighted by molar-refractivity contribution is 0.308. The molecule has 0 saturated heterocycles. The van der Waals surface area contributed by atoms with Crippen molar-refractivity contribution in [3.63, 3.8) is 0 Å². The number of rotatable bonds is 3. The van der Waals surface area contributed by atoms with Crippen molar-refractivity contribution in [1.82, 2.24) is 24.6 Å². The van der Waals surface area contributed by atoms with Gasteiger partial charge in [0.25, 0.3) is 0 Å². The third-order valence-electron chi connectivity index (χ3n) is 3.15. The zero-order valence-corrected chi connectivity index (χ0v) is 10.6. The van der Waals surface area contributed by atoms with Crippen molar-refractivity contribution in [1.29, 1.82) is 0 Å². The van der Waals surface area contributed by atoms with Crippen LogP contribution >= 0.6 is 11.6 Å². The summed E-state index contributed by atoms with van der Waals surface area (Å²) in [7, 11) is 3.96. The van der Waals surface area contributed by atoms with Crippen LogP contribution in [0.15, 0.2) is 6.20 Å². The number of aryl methyl sites for hydroxylation is 1. The van der Waals surface area contributed by atoms with Gasteiger partial charge in [0, 0.05) is 13.1 Å². The largest absolute Gasteiger partial charge is 0.296 e. The van der Waals surface area contributed by atoms with Crippen LogP contribution in [0, 0.1) is 0 Å². The Morgan fingerprint density at radius 1 is 1.47 bits per heavy atom. The van der Waals surface area contributed by atoms with Gasteiger partial charge in [-0.15, -0.1) is 0 Å². The third-order valence-corrected chi connectivity index (χ3v) is 3.44. The van der Waals surface area contributed by atoms with Gasteiger partial charge in [0.05, 0.1) is 18.1 Å². The SMILES string of the molecule is CN(Cc1nc(Cl)c2cnn(C)c2n1)C1CC1. The molecule has 90 valence electrons. The van der Waals surface area contributed by atoms with Crippen LogP contribution < -0.4 is 0 Å². The van der Waals surface area contributed by atoms with Crippen molar-refractivity contribution >= 4 is 22.6 Å². The van der Waals surface area contributed by atoms with Crippen LogP contribution in [0.25, 0.3) is 11.0 Å². The second kappa shape index (κ2) is 3.92. The first kappa shape index (κ1) is 10.9. The molecule has 0 aliphatic heterocycles. The number of hydrogen-bond donors (Lipinski definition) is 0. The fourth-order valence-electron chi connectivity index (χ4n) is 1.97. The van der Waals surface area contributed by atoms with Crippen molar-refractivity contribution < 1.29 is 0 Å². The summed E-state index contributed by atoms with van der Waals surface area (Å²) in [6.07, 6.45) is 4.25. The average Bonchev–Trinajstić information content (AvgIpc) is 3.05. The molecule has 0 unspecified atom stereocenters. The molecule has 2 aromatic heterocycles. The first-order chi connectivity index (χ1) is 8.15. The van der Waals surface area contributed by atoms with E-state index in [1.807, 2.05) is 7.05 Å². The summed E-state index contributed by atoms with van der Waals surface area (Å²) in [5.41, 5.74) is 0.796. The number of halogens is 1. The highest BCUT2D eigenvalue weighted by Gasteiger charge is 2.26. The molecule has 0 spiro atoms. The highest BCUT2D eigenvalue weighted by molar-refractivity contribution is 6.33. The van der Waals surface area contributed by atoms with E-state index in [0.717, 1.165) is 23.4 Å². The minimum atomic E-state index is 0.488. The molecule has 5 nitrogen and oxygen atoms in total. The molecule has 0 N–H and O–H groups in total.